The highest BCUT2D eigenvalue weighted by atomic mass is 16.6. The van der Waals surface area contributed by atoms with Gasteiger partial charge in [0.2, 0.25) is 5.78 Å². The first-order valence-electron chi connectivity index (χ1n) is 18.2. The molecule has 0 fully saturated rings. The van der Waals surface area contributed by atoms with E-state index < -0.39 is 28.4 Å². The van der Waals surface area contributed by atoms with Gasteiger partial charge in [0.1, 0.15) is 16.8 Å². The summed E-state index contributed by atoms with van der Waals surface area (Å²) >= 11 is 0. The molecule has 0 radical (unpaired) electrons. The largest absolute Gasteiger partial charge is 0.504 e. The number of benzene rings is 1. The maximum absolute atomic E-state index is 14.1. The Morgan fingerprint density at radius 1 is 0.760 bits per heavy atom. The first-order chi connectivity index (χ1) is 23.5. The van der Waals surface area contributed by atoms with Gasteiger partial charge in [-0.05, 0) is 145 Å². The van der Waals surface area contributed by atoms with Gasteiger partial charge in [0, 0.05) is 16.7 Å². The highest BCUT2D eigenvalue weighted by Gasteiger charge is 2.70. The number of fused-ring (bicyclic) bond motifs is 5. The van der Waals surface area contributed by atoms with E-state index in [1.807, 2.05) is 32.1 Å². The van der Waals surface area contributed by atoms with E-state index in [0.29, 0.717) is 23.1 Å². The van der Waals surface area contributed by atoms with Gasteiger partial charge >= 0.3 is 0 Å². The third-order valence-electron chi connectivity index (χ3n) is 10.4. The zero-order valence-electron chi connectivity index (χ0n) is 32.0. The first kappa shape index (κ1) is 38.9. The molecule has 0 amide bonds. The van der Waals surface area contributed by atoms with Crippen LogP contribution in [-0.4, -0.2) is 33.2 Å². The minimum atomic E-state index is -2.46. The van der Waals surface area contributed by atoms with Crippen molar-refractivity contribution < 1.29 is 29.3 Å². The number of ketones is 2. The molecule has 0 spiro atoms. The number of ether oxygens (including phenoxy) is 2. The van der Waals surface area contributed by atoms with Crippen LogP contribution in [0.15, 0.2) is 76.0 Å². The van der Waals surface area contributed by atoms with Crippen molar-refractivity contribution in [2.75, 3.05) is 0 Å². The molecule has 50 heavy (non-hydrogen) atoms. The predicted molar refractivity (Wildman–Crippen MR) is 204 cm³/mol. The smallest absolute Gasteiger partial charge is 0.290 e. The summed E-state index contributed by atoms with van der Waals surface area (Å²) in [4.78, 5) is 27.9. The summed E-state index contributed by atoms with van der Waals surface area (Å²) in [5, 5.41) is 23.9. The topological polar surface area (TPSA) is 93.1 Å². The highest BCUT2D eigenvalue weighted by Crippen LogP contribution is 2.61. The van der Waals surface area contributed by atoms with Crippen LogP contribution in [0.25, 0.3) is 6.08 Å². The summed E-state index contributed by atoms with van der Waals surface area (Å²) in [5.74, 6) is -3.21. The Hall–Kier alpha value is -3.90. The number of hydrogen-bond donors (Lipinski definition) is 2. The zero-order chi connectivity index (χ0) is 37.0. The number of aromatic hydroxyl groups is 1. The minimum absolute atomic E-state index is 0.0423. The normalized spacial score (nSPS) is 24.5. The van der Waals surface area contributed by atoms with E-state index in [1.165, 1.54) is 35.3 Å². The van der Waals surface area contributed by atoms with Crippen molar-refractivity contribution in [2.45, 2.75) is 144 Å². The summed E-state index contributed by atoms with van der Waals surface area (Å²) < 4.78 is 12.8. The van der Waals surface area contributed by atoms with Crippen molar-refractivity contribution in [3.8, 4) is 17.2 Å². The standard InChI is InChI=1S/C44H58O6/c1-28(2)15-11-17-30(5)19-13-20-32(7)22-26-43-36(45)27-33(8)41(47)44(43,48)50-39-35-23-25-42(10,49-40(35)38(46)34(9)37(39)43)24-14-21-31(6)18-12-16-29(3)4/h15-16,19,21-23,25,27,46,48H,11-14,17-18,20,24,26H2,1-10H3/b30-19+,31-21+,32-22-. The van der Waals surface area contributed by atoms with Crippen LogP contribution in [0.4, 0.5) is 0 Å². The molecule has 6 nitrogen and oxygen atoms in total. The number of phenolic OH excluding ortho intramolecular Hbond substituents is 1. The van der Waals surface area contributed by atoms with E-state index in [0.717, 1.165) is 50.5 Å². The Kier molecular flexibility index (Phi) is 12.1. The highest BCUT2D eigenvalue weighted by molar-refractivity contribution is 6.19. The lowest BCUT2D eigenvalue weighted by atomic mass is 9.62. The van der Waals surface area contributed by atoms with Crippen molar-refractivity contribution in [3.63, 3.8) is 0 Å². The Morgan fingerprint density at radius 3 is 1.88 bits per heavy atom. The van der Waals surface area contributed by atoms with Gasteiger partial charge in [0.15, 0.2) is 17.3 Å². The van der Waals surface area contributed by atoms with Crippen molar-refractivity contribution in [1.29, 1.82) is 0 Å². The van der Waals surface area contributed by atoms with E-state index in [1.54, 1.807) is 6.92 Å². The Labute approximate surface area is 300 Å². The molecular formula is C44H58O6. The maximum atomic E-state index is 14.1. The first-order valence-corrected chi connectivity index (χ1v) is 18.2. The molecule has 270 valence electrons. The fourth-order valence-electron chi connectivity index (χ4n) is 7.25. The lowest BCUT2D eigenvalue weighted by molar-refractivity contribution is -0.188. The summed E-state index contributed by atoms with van der Waals surface area (Å²) in [5.41, 5.74) is 5.12. The van der Waals surface area contributed by atoms with Gasteiger partial charge in [-0.1, -0.05) is 58.2 Å². The molecule has 6 heteroatoms. The quantitative estimate of drug-likeness (QED) is 0.190. The van der Waals surface area contributed by atoms with Gasteiger partial charge in [-0.2, -0.15) is 0 Å². The van der Waals surface area contributed by atoms with Crippen molar-refractivity contribution in [1.82, 2.24) is 0 Å². The molecule has 4 rings (SSSR count). The molecule has 3 aliphatic rings. The predicted octanol–water partition coefficient (Wildman–Crippen LogP) is 10.6. The van der Waals surface area contributed by atoms with Crippen LogP contribution in [0, 0.1) is 6.92 Å². The van der Waals surface area contributed by atoms with Crippen molar-refractivity contribution in [2.24, 2.45) is 0 Å². The molecule has 3 atom stereocenters. The Balaban J connectivity index is 1.65. The number of allylic oxidation sites excluding steroid dienone is 11. The summed E-state index contributed by atoms with van der Waals surface area (Å²) in [7, 11) is 0. The third kappa shape index (κ3) is 7.86. The molecule has 0 aromatic heterocycles. The number of phenols is 1. The molecule has 3 unspecified atom stereocenters. The van der Waals surface area contributed by atoms with Crippen LogP contribution in [0.1, 0.15) is 137 Å². The van der Waals surface area contributed by atoms with Crippen LogP contribution in [0.3, 0.4) is 0 Å². The molecule has 0 bridgehead atoms. The van der Waals surface area contributed by atoms with Crippen LogP contribution >= 0.6 is 0 Å². The Bertz CT molecular complexity index is 1740. The fourth-order valence-corrected chi connectivity index (χ4v) is 7.25. The molecule has 0 saturated carbocycles. The van der Waals surface area contributed by atoms with E-state index in [9.17, 15) is 19.8 Å². The molecule has 2 N–H and O–H groups in total. The van der Waals surface area contributed by atoms with Crippen LogP contribution in [0.5, 0.6) is 17.2 Å². The van der Waals surface area contributed by atoms with Gasteiger partial charge in [-0.3, -0.25) is 9.59 Å². The molecule has 2 aliphatic heterocycles. The van der Waals surface area contributed by atoms with E-state index in [-0.39, 0.29) is 29.2 Å². The van der Waals surface area contributed by atoms with Gasteiger partial charge < -0.3 is 19.7 Å². The number of aliphatic hydroxyl groups is 1. The van der Waals surface area contributed by atoms with Gasteiger partial charge in [-0.25, -0.2) is 0 Å². The summed E-state index contributed by atoms with van der Waals surface area (Å²) in [6.45, 7) is 19.9. The zero-order valence-corrected chi connectivity index (χ0v) is 32.0. The SMILES string of the molecule is CC(C)=CCC/C(C)=C/CC/C(C)=C\CC12C(=O)C=C(C)C(=O)C1(O)Oc1c3c(c(O)c(C)c12)OC(C)(CC/C=C(\C)CCC=C(C)C)C=C3. The summed E-state index contributed by atoms with van der Waals surface area (Å²) in [6.07, 6.45) is 23.2. The molecule has 1 aromatic carbocycles. The number of rotatable bonds is 14. The van der Waals surface area contributed by atoms with Gasteiger partial charge in [0.25, 0.3) is 5.79 Å². The molecular weight excluding hydrogens is 624 g/mol. The fraction of sp³-hybridized carbons (Fsp3) is 0.500. The average Bonchev–Trinajstić information content (AvgIpc) is 3.32. The number of carbonyl (C=O) groups excluding carboxylic acids is 2. The van der Waals surface area contributed by atoms with Crippen LogP contribution < -0.4 is 9.47 Å². The van der Waals surface area contributed by atoms with E-state index in [2.05, 4.69) is 65.8 Å². The number of carbonyl (C=O) groups is 2. The number of Topliss-reactive ketones (excluding diaryl/α,β-unsaturated/α-hetero) is 1. The van der Waals surface area contributed by atoms with Crippen molar-refractivity contribution in [3.05, 3.63) is 92.7 Å². The number of hydrogen-bond acceptors (Lipinski definition) is 6. The molecule has 1 aromatic rings. The Morgan fingerprint density at radius 2 is 1.30 bits per heavy atom. The molecule has 2 heterocycles. The lowest BCUT2D eigenvalue weighted by Crippen LogP contribution is -2.63. The average molecular weight is 683 g/mol. The maximum Gasteiger partial charge on any atom is 0.290 e. The van der Waals surface area contributed by atoms with Gasteiger partial charge in [0.05, 0.1) is 5.56 Å². The monoisotopic (exact) mass is 682 g/mol. The van der Waals surface area contributed by atoms with Gasteiger partial charge in [-0.15, -0.1) is 0 Å². The van der Waals surface area contributed by atoms with Crippen molar-refractivity contribution >= 4 is 17.6 Å². The second-order valence-corrected chi connectivity index (χ2v) is 15.4. The minimum Gasteiger partial charge on any atom is -0.504 e. The van der Waals surface area contributed by atoms with Crippen LogP contribution in [0.2, 0.25) is 0 Å². The molecule has 0 saturated heterocycles. The molecule has 1 aliphatic carbocycles. The lowest BCUT2D eigenvalue weighted by Gasteiger charge is -2.40. The van der Waals surface area contributed by atoms with E-state index in [4.69, 9.17) is 9.47 Å². The second kappa shape index (κ2) is 15.6. The van der Waals surface area contributed by atoms with E-state index >= 15 is 0 Å². The summed E-state index contributed by atoms with van der Waals surface area (Å²) in [6, 6.07) is 0. The third-order valence-corrected chi connectivity index (χ3v) is 10.4. The van der Waals surface area contributed by atoms with Crippen LogP contribution in [-0.2, 0) is 15.0 Å². The second-order valence-electron chi connectivity index (χ2n) is 15.4.